The van der Waals surface area contributed by atoms with Crippen LogP contribution in [-0.4, -0.2) is 40.6 Å². The number of aliphatic carboxylic acids is 1. The van der Waals surface area contributed by atoms with Crippen molar-refractivity contribution < 1.29 is 19.1 Å². The van der Waals surface area contributed by atoms with Crippen LogP contribution in [0.2, 0.25) is 0 Å². The number of benzene rings is 2. The molecule has 22 heavy (non-hydrogen) atoms. The van der Waals surface area contributed by atoms with Crippen molar-refractivity contribution >= 4 is 38.6 Å². The number of amides is 1. The van der Waals surface area contributed by atoms with E-state index in [0.29, 0.717) is 5.56 Å². The number of carboxylic acids is 1. The lowest BCUT2D eigenvalue weighted by molar-refractivity contribution is -0.149. The van der Waals surface area contributed by atoms with Crippen LogP contribution >= 0.6 is 15.9 Å². The first-order valence-corrected chi connectivity index (χ1v) is 7.60. The van der Waals surface area contributed by atoms with Crippen molar-refractivity contribution in [1.82, 2.24) is 4.90 Å². The van der Waals surface area contributed by atoms with Crippen LogP contribution in [-0.2, 0) is 4.79 Å². The van der Waals surface area contributed by atoms with Crippen LogP contribution in [0.5, 0.6) is 0 Å². The van der Waals surface area contributed by atoms with E-state index >= 15 is 0 Å². The number of hydrogen-bond donors (Lipinski definition) is 1. The number of rotatable bonds is 2. The summed E-state index contributed by atoms with van der Waals surface area (Å²) in [5, 5.41) is 10.6. The summed E-state index contributed by atoms with van der Waals surface area (Å²) in [5.41, 5.74) is -1.91. The van der Waals surface area contributed by atoms with Gasteiger partial charge in [0.15, 0.2) is 0 Å². The molecule has 114 valence electrons. The van der Waals surface area contributed by atoms with Crippen molar-refractivity contribution in [3.05, 3.63) is 46.4 Å². The molecular weight excluding hydrogens is 353 g/mol. The highest BCUT2D eigenvalue weighted by Crippen LogP contribution is 2.30. The largest absolute Gasteiger partial charge is 0.479 e. The number of carboxylic acid groups (broad SMARTS) is 1. The van der Waals surface area contributed by atoms with E-state index in [1.807, 2.05) is 30.3 Å². The molecule has 1 N–H and O–H groups in total. The number of hydrogen-bond acceptors (Lipinski definition) is 2. The van der Waals surface area contributed by atoms with Crippen LogP contribution in [0.1, 0.15) is 16.8 Å². The van der Waals surface area contributed by atoms with Crippen LogP contribution in [0.4, 0.5) is 4.39 Å². The molecule has 1 saturated heterocycles. The van der Waals surface area contributed by atoms with E-state index < -0.39 is 18.2 Å². The first-order valence-electron chi connectivity index (χ1n) is 6.81. The lowest BCUT2D eigenvalue weighted by Gasteiger charge is -2.19. The molecule has 6 heteroatoms. The topological polar surface area (TPSA) is 57.6 Å². The number of carbonyl (C=O) groups is 2. The molecule has 3 rings (SSSR count). The predicted molar refractivity (Wildman–Crippen MR) is 83.6 cm³/mol. The third kappa shape index (κ3) is 2.47. The van der Waals surface area contributed by atoms with Gasteiger partial charge in [0.1, 0.15) is 0 Å². The van der Waals surface area contributed by atoms with Crippen LogP contribution in [0.3, 0.4) is 0 Å². The number of carbonyl (C=O) groups excluding carboxylic acids is 1. The van der Waals surface area contributed by atoms with Gasteiger partial charge in [-0.1, -0.05) is 40.2 Å². The van der Waals surface area contributed by atoms with Crippen molar-refractivity contribution in [2.45, 2.75) is 12.1 Å². The van der Waals surface area contributed by atoms with E-state index in [0.717, 1.165) is 15.2 Å². The normalized spacial score (nSPS) is 21.3. The molecule has 1 amide bonds. The maximum Gasteiger partial charge on any atom is 0.343 e. The molecule has 1 atom stereocenters. The van der Waals surface area contributed by atoms with E-state index in [-0.39, 0.29) is 18.9 Å². The molecule has 2 aromatic rings. The molecule has 0 saturated carbocycles. The zero-order chi connectivity index (χ0) is 15.9. The Bertz CT molecular complexity index is 779. The van der Waals surface area contributed by atoms with Gasteiger partial charge in [0.2, 0.25) is 5.67 Å². The molecule has 1 unspecified atom stereocenters. The number of alkyl halides is 1. The van der Waals surface area contributed by atoms with Crippen molar-refractivity contribution in [3.8, 4) is 0 Å². The molecule has 0 bridgehead atoms. The maximum absolute atomic E-state index is 14.2. The maximum atomic E-state index is 14.2. The van der Waals surface area contributed by atoms with Gasteiger partial charge >= 0.3 is 5.97 Å². The summed E-state index contributed by atoms with van der Waals surface area (Å²) in [4.78, 5) is 24.9. The fourth-order valence-corrected chi connectivity index (χ4v) is 3.22. The van der Waals surface area contributed by atoms with Gasteiger partial charge in [-0.25, -0.2) is 9.18 Å². The minimum atomic E-state index is -2.35. The Morgan fingerprint density at radius 3 is 2.68 bits per heavy atom. The molecule has 1 heterocycles. The molecule has 4 nitrogen and oxygen atoms in total. The van der Waals surface area contributed by atoms with E-state index in [1.165, 1.54) is 4.90 Å². The molecule has 1 aliphatic rings. The molecule has 0 radical (unpaired) electrons. The highest BCUT2D eigenvalue weighted by Gasteiger charge is 2.47. The molecule has 1 fully saturated rings. The van der Waals surface area contributed by atoms with Gasteiger partial charge in [0, 0.05) is 23.0 Å². The molecule has 2 aromatic carbocycles. The first-order chi connectivity index (χ1) is 10.4. The minimum absolute atomic E-state index is 0.0997. The second-order valence-corrected chi connectivity index (χ2v) is 6.34. The Kier molecular flexibility index (Phi) is 3.64. The van der Waals surface area contributed by atoms with Crippen LogP contribution in [0.25, 0.3) is 10.8 Å². The van der Waals surface area contributed by atoms with Crippen molar-refractivity contribution in [3.63, 3.8) is 0 Å². The quantitative estimate of drug-likeness (QED) is 0.888. The van der Waals surface area contributed by atoms with Gasteiger partial charge in [-0.05, 0) is 22.9 Å². The minimum Gasteiger partial charge on any atom is -0.479 e. The zero-order valence-electron chi connectivity index (χ0n) is 11.6. The standard InChI is InChI=1S/C16H13BrFNO3/c17-11-7-10-3-1-2-4-12(10)13(8-11)14(20)19-6-5-16(18,9-19)15(21)22/h1-4,7-8H,5-6,9H2,(H,21,22). The van der Waals surface area contributed by atoms with Gasteiger partial charge < -0.3 is 10.0 Å². The second kappa shape index (κ2) is 5.35. The Balaban J connectivity index is 1.99. The van der Waals surface area contributed by atoms with E-state index in [4.69, 9.17) is 5.11 Å². The van der Waals surface area contributed by atoms with Crippen molar-refractivity contribution in [2.75, 3.05) is 13.1 Å². The Morgan fingerprint density at radius 2 is 2.00 bits per heavy atom. The third-order valence-electron chi connectivity index (χ3n) is 3.95. The van der Waals surface area contributed by atoms with E-state index in [1.54, 1.807) is 6.07 Å². The molecular formula is C16H13BrFNO3. The number of fused-ring (bicyclic) bond motifs is 1. The Hall–Kier alpha value is -1.95. The fraction of sp³-hybridized carbons (Fsp3) is 0.250. The molecule has 0 aromatic heterocycles. The smallest absolute Gasteiger partial charge is 0.343 e. The van der Waals surface area contributed by atoms with E-state index in [9.17, 15) is 14.0 Å². The van der Waals surface area contributed by atoms with Gasteiger partial charge in [0.25, 0.3) is 5.91 Å². The fourth-order valence-electron chi connectivity index (χ4n) is 2.74. The van der Waals surface area contributed by atoms with Crippen LogP contribution in [0.15, 0.2) is 40.9 Å². The summed E-state index contributed by atoms with van der Waals surface area (Å²) in [5.74, 6) is -1.86. The number of nitrogens with zero attached hydrogens (tertiary/aromatic N) is 1. The predicted octanol–water partition coefficient (Wildman–Crippen LogP) is 3.24. The summed E-state index contributed by atoms with van der Waals surface area (Å²) in [6.07, 6.45) is -0.181. The lowest BCUT2D eigenvalue weighted by Crippen LogP contribution is -2.39. The zero-order valence-corrected chi connectivity index (χ0v) is 13.1. The highest BCUT2D eigenvalue weighted by atomic mass is 79.9. The molecule has 0 aliphatic carbocycles. The molecule has 1 aliphatic heterocycles. The van der Waals surface area contributed by atoms with Crippen LogP contribution < -0.4 is 0 Å². The van der Waals surface area contributed by atoms with Gasteiger partial charge in [0.05, 0.1) is 6.54 Å². The second-order valence-electron chi connectivity index (χ2n) is 5.42. The van der Waals surface area contributed by atoms with Crippen LogP contribution in [0, 0.1) is 0 Å². The van der Waals surface area contributed by atoms with Crippen molar-refractivity contribution in [2.24, 2.45) is 0 Å². The third-order valence-corrected chi connectivity index (χ3v) is 4.40. The van der Waals surface area contributed by atoms with Gasteiger partial charge in [-0.15, -0.1) is 0 Å². The number of halogens is 2. The SMILES string of the molecule is O=C(c1cc(Br)cc2ccccc12)N1CCC(F)(C(=O)O)C1. The monoisotopic (exact) mass is 365 g/mol. The average Bonchev–Trinajstić information content (AvgIpc) is 2.89. The highest BCUT2D eigenvalue weighted by molar-refractivity contribution is 9.10. The Labute approximate surface area is 134 Å². The van der Waals surface area contributed by atoms with E-state index in [2.05, 4.69) is 15.9 Å². The average molecular weight is 366 g/mol. The first kappa shape index (κ1) is 15.0. The summed E-state index contributed by atoms with van der Waals surface area (Å²) in [6, 6.07) is 11.0. The Morgan fingerprint density at radius 1 is 1.27 bits per heavy atom. The van der Waals surface area contributed by atoms with Gasteiger partial charge in [-0.3, -0.25) is 4.79 Å². The summed E-state index contributed by atoms with van der Waals surface area (Å²) in [7, 11) is 0. The summed E-state index contributed by atoms with van der Waals surface area (Å²) >= 11 is 3.37. The number of likely N-dealkylation sites (tertiary alicyclic amines) is 1. The lowest BCUT2D eigenvalue weighted by atomic mass is 10.0. The van der Waals surface area contributed by atoms with Gasteiger partial charge in [-0.2, -0.15) is 0 Å². The molecule has 0 spiro atoms. The van der Waals surface area contributed by atoms with Crippen molar-refractivity contribution in [1.29, 1.82) is 0 Å². The summed E-state index contributed by atoms with van der Waals surface area (Å²) in [6.45, 7) is -0.315. The summed E-state index contributed by atoms with van der Waals surface area (Å²) < 4.78 is 14.9.